The standard InChI is InChI=1S/C15H19Cl3O2Si/c16-21(17,18)9-3-4-12-5-6-14-13(10-12)11-19-15(20-14)7-1-2-8-15/h5-6,10H,1-4,7-9,11H2. The van der Waals surface area contributed by atoms with Crippen molar-refractivity contribution in [2.45, 2.75) is 57.0 Å². The zero-order chi connectivity index (χ0) is 14.9. The van der Waals surface area contributed by atoms with Gasteiger partial charge in [0.2, 0.25) is 5.79 Å². The lowest BCUT2D eigenvalue weighted by Gasteiger charge is -2.35. The summed E-state index contributed by atoms with van der Waals surface area (Å²) in [4.78, 5) is 0. The monoisotopic (exact) mass is 364 g/mol. The van der Waals surface area contributed by atoms with Gasteiger partial charge in [-0.1, -0.05) is 6.07 Å². The molecule has 0 saturated heterocycles. The Kier molecular flexibility index (Phi) is 4.77. The third kappa shape index (κ3) is 4.08. The molecule has 1 spiro atoms. The molecule has 0 aromatic heterocycles. The second-order valence-electron chi connectivity index (χ2n) is 5.92. The highest BCUT2D eigenvalue weighted by Crippen LogP contribution is 2.41. The summed E-state index contributed by atoms with van der Waals surface area (Å²) < 4.78 is 12.1. The summed E-state index contributed by atoms with van der Waals surface area (Å²) in [6.07, 6.45) is 6.22. The summed E-state index contributed by atoms with van der Waals surface area (Å²) in [6, 6.07) is 4.56. The molecule has 21 heavy (non-hydrogen) atoms. The Bertz CT molecular complexity index is 510. The summed E-state index contributed by atoms with van der Waals surface area (Å²) in [5.74, 6) is 0.623. The number of ether oxygens (including phenoxy) is 2. The molecular formula is C15H19Cl3O2Si. The first-order valence-electron chi connectivity index (χ1n) is 7.47. The molecule has 1 fully saturated rings. The molecule has 0 bridgehead atoms. The first-order valence-corrected chi connectivity index (χ1v) is 12.7. The van der Waals surface area contributed by atoms with Gasteiger partial charge in [-0.25, -0.2) is 0 Å². The minimum Gasteiger partial charge on any atom is -0.462 e. The van der Waals surface area contributed by atoms with Crippen LogP contribution in [0.25, 0.3) is 0 Å². The van der Waals surface area contributed by atoms with Gasteiger partial charge in [-0.05, 0) is 49.4 Å². The molecule has 0 radical (unpaired) electrons. The van der Waals surface area contributed by atoms with Gasteiger partial charge in [-0.15, -0.1) is 33.2 Å². The molecule has 0 N–H and O–H groups in total. The van der Waals surface area contributed by atoms with Gasteiger partial charge < -0.3 is 9.47 Å². The first-order chi connectivity index (χ1) is 9.96. The predicted molar refractivity (Wildman–Crippen MR) is 89.5 cm³/mol. The minimum absolute atomic E-state index is 0.352. The van der Waals surface area contributed by atoms with E-state index in [0.717, 1.165) is 37.0 Å². The van der Waals surface area contributed by atoms with E-state index in [-0.39, 0.29) is 5.79 Å². The van der Waals surface area contributed by atoms with Crippen molar-refractivity contribution in [3.05, 3.63) is 29.3 Å². The van der Waals surface area contributed by atoms with Crippen LogP contribution < -0.4 is 4.74 Å². The van der Waals surface area contributed by atoms with Gasteiger partial charge in [0.1, 0.15) is 5.75 Å². The Hall–Kier alpha value is 0.0669. The average molecular weight is 366 g/mol. The van der Waals surface area contributed by atoms with Crippen molar-refractivity contribution in [3.8, 4) is 5.75 Å². The van der Waals surface area contributed by atoms with Crippen molar-refractivity contribution in [3.63, 3.8) is 0 Å². The smallest absolute Gasteiger partial charge is 0.341 e. The summed E-state index contributed by atoms with van der Waals surface area (Å²) in [5.41, 5.74) is 2.39. The van der Waals surface area contributed by atoms with E-state index in [4.69, 9.17) is 42.7 Å². The molecule has 1 aliphatic heterocycles. The Morgan fingerprint density at radius 2 is 1.90 bits per heavy atom. The molecule has 6 heteroatoms. The molecule has 3 rings (SSSR count). The van der Waals surface area contributed by atoms with Crippen LogP contribution in [0.3, 0.4) is 0 Å². The SMILES string of the molecule is Cl[Si](Cl)(Cl)CCCc1ccc2c(c1)COC1(CCCC1)O2. The van der Waals surface area contributed by atoms with E-state index in [1.165, 1.54) is 18.4 Å². The second kappa shape index (κ2) is 6.29. The molecule has 1 aliphatic carbocycles. The molecule has 1 aromatic rings. The van der Waals surface area contributed by atoms with Crippen LogP contribution in [0.2, 0.25) is 6.04 Å². The number of hydrogen-bond donors (Lipinski definition) is 0. The van der Waals surface area contributed by atoms with Gasteiger partial charge in [0.25, 0.3) is 0 Å². The van der Waals surface area contributed by atoms with Crippen molar-refractivity contribution in [1.29, 1.82) is 0 Å². The number of rotatable bonds is 4. The number of benzene rings is 1. The highest BCUT2D eigenvalue weighted by atomic mass is 35.8. The van der Waals surface area contributed by atoms with E-state index in [9.17, 15) is 0 Å². The van der Waals surface area contributed by atoms with Gasteiger partial charge in [0.15, 0.2) is 0 Å². The van der Waals surface area contributed by atoms with E-state index >= 15 is 0 Å². The molecule has 2 aliphatic rings. The Balaban J connectivity index is 1.63. The predicted octanol–water partition coefficient (Wildman–Crippen LogP) is 5.45. The van der Waals surface area contributed by atoms with Crippen LogP contribution in [0.4, 0.5) is 0 Å². The van der Waals surface area contributed by atoms with Crippen molar-refractivity contribution in [2.75, 3.05) is 0 Å². The number of hydrogen-bond acceptors (Lipinski definition) is 2. The molecular weight excluding hydrogens is 347 g/mol. The normalized spacial score (nSPS) is 20.3. The van der Waals surface area contributed by atoms with Crippen molar-refractivity contribution >= 4 is 39.2 Å². The van der Waals surface area contributed by atoms with Crippen molar-refractivity contribution in [1.82, 2.24) is 0 Å². The Morgan fingerprint density at radius 3 is 2.62 bits per heavy atom. The van der Waals surface area contributed by atoms with Crippen LogP contribution in [0.5, 0.6) is 5.75 Å². The number of fused-ring (bicyclic) bond motifs is 1. The van der Waals surface area contributed by atoms with Crippen LogP contribution in [-0.2, 0) is 17.8 Å². The topological polar surface area (TPSA) is 18.5 Å². The zero-order valence-electron chi connectivity index (χ0n) is 11.8. The minimum atomic E-state index is -2.49. The van der Waals surface area contributed by atoms with Gasteiger partial charge in [0, 0.05) is 18.4 Å². The lowest BCUT2D eigenvalue weighted by atomic mass is 10.0. The van der Waals surface area contributed by atoms with Crippen LogP contribution in [-0.4, -0.2) is 11.8 Å². The quantitative estimate of drug-likeness (QED) is 0.521. The average Bonchev–Trinajstić information content (AvgIpc) is 2.86. The van der Waals surface area contributed by atoms with Crippen LogP contribution in [0, 0.1) is 0 Å². The van der Waals surface area contributed by atoms with E-state index in [1.807, 2.05) is 0 Å². The molecule has 1 aromatic carbocycles. The maximum absolute atomic E-state index is 6.12. The van der Waals surface area contributed by atoms with E-state index in [2.05, 4.69) is 18.2 Å². The fourth-order valence-corrected chi connectivity index (χ4v) is 4.87. The van der Waals surface area contributed by atoms with Gasteiger partial charge >= 0.3 is 6.00 Å². The number of aryl methyl sites for hydroxylation is 1. The summed E-state index contributed by atoms with van der Waals surface area (Å²) >= 11 is 17.7. The Morgan fingerprint density at radius 1 is 1.14 bits per heavy atom. The summed E-state index contributed by atoms with van der Waals surface area (Å²) in [7, 11) is 0. The molecule has 2 nitrogen and oxygen atoms in total. The first kappa shape index (κ1) is 15.9. The molecule has 1 saturated carbocycles. The zero-order valence-corrected chi connectivity index (χ0v) is 15.1. The van der Waals surface area contributed by atoms with Crippen LogP contribution in [0.15, 0.2) is 18.2 Å². The highest BCUT2D eigenvalue weighted by molar-refractivity contribution is 7.64. The highest BCUT2D eigenvalue weighted by Gasteiger charge is 2.40. The molecule has 0 atom stereocenters. The molecule has 1 heterocycles. The molecule has 0 unspecified atom stereocenters. The third-order valence-electron chi connectivity index (χ3n) is 4.20. The lowest BCUT2D eigenvalue weighted by molar-refractivity contribution is -0.200. The summed E-state index contributed by atoms with van der Waals surface area (Å²) in [6.45, 7) is 0.641. The Labute approximate surface area is 140 Å². The van der Waals surface area contributed by atoms with Crippen LogP contribution in [0.1, 0.15) is 43.2 Å². The fourth-order valence-electron chi connectivity index (χ4n) is 3.09. The molecule has 0 amide bonds. The maximum atomic E-state index is 6.12. The van der Waals surface area contributed by atoms with E-state index in [0.29, 0.717) is 12.7 Å². The second-order valence-corrected chi connectivity index (χ2v) is 15.2. The van der Waals surface area contributed by atoms with E-state index < -0.39 is 6.00 Å². The van der Waals surface area contributed by atoms with Gasteiger partial charge in [-0.3, -0.25) is 0 Å². The largest absolute Gasteiger partial charge is 0.462 e. The number of halogens is 3. The van der Waals surface area contributed by atoms with Gasteiger partial charge in [0.05, 0.1) is 6.61 Å². The maximum Gasteiger partial charge on any atom is 0.341 e. The van der Waals surface area contributed by atoms with Gasteiger partial charge in [-0.2, -0.15) is 0 Å². The lowest BCUT2D eigenvalue weighted by Crippen LogP contribution is -2.39. The van der Waals surface area contributed by atoms with Crippen molar-refractivity contribution in [2.24, 2.45) is 0 Å². The van der Waals surface area contributed by atoms with E-state index in [1.54, 1.807) is 0 Å². The molecule has 116 valence electrons. The fraction of sp³-hybridized carbons (Fsp3) is 0.600. The third-order valence-corrected chi connectivity index (χ3v) is 6.82. The summed E-state index contributed by atoms with van der Waals surface area (Å²) in [5, 5.41) is 0. The van der Waals surface area contributed by atoms with Crippen LogP contribution >= 0.6 is 33.2 Å². The van der Waals surface area contributed by atoms with Crippen molar-refractivity contribution < 1.29 is 9.47 Å².